The number of aromatic nitrogens is 3. The van der Waals surface area contributed by atoms with Crippen LogP contribution in [0.4, 0.5) is 11.5 Å². The molecule has 0 spiro atoms. The Balaban J connectivity index is 1.19. The van der Waals surface area contributed by atoms with Crippen LogP contribution in [0, 0.1) is 12.8 Å². The molecule has 5 aromatic rings. The second-order valence-electron chi connectivity index (χ2n) is 10.5. The minimum absolute atomic E-state index is 0.246. The van der Waals surface area contributed by atoms with Gasteiger partial charge in [-0.15, -0.1) is 0 Å². The van der Waals surface area contributed by atoms with E-state index in [2.05, 4.69) is 33.8 Å². The first-order chi connectivity index (χ1) is 19.5. The van der Waals surface area contributed by atoms with Crippen molar-refractivity contribution in [2.45, 2.75) is 39.7 Å². The smallest absolute Gasteiger partial charge is 0.278 e. The molecule has 8 heteroatoms. The first-order valence-electron chi connectivity index (χ1n) is 13.5. The highest BCUT2D eigenvalue weighted by Crippen LogP contribution is 2.31. The van der Waals surface area contributed by atoms with Crippen LogP contribution in [0.5, 0.6) is 5.75 Å². The van der Waals surface area contributed by atoms with Gasteiger partial charge in [-0.3, -0.25) is 9.78 Å². The maximum Gasteiger partial charge on any atom is 0.278 e. The zero-order valence-corrected chi connectivity index (χ0v) is 22.8. The third-order valence-corrected chi connectivity index (χ3v) is 7.51. The molecule has 3 heterocycles. The second kappa shape index (κ2) is 10.8. The van der Waals surface area contributed by atoms with Gasteiger partial charge in [0.05, 0.1) is 12.6 Å². The van der Waals surface area contributed by atoms with Crippen molar-refractivity contribution in [2.24, 2.45) is 5.92 Å². The van der Waals surface area contributed by atoms with Gasteiger partial charge in [0.15, 0.2) is 5.69 Å². The van der Waals surface area contributed by atoms with Crippen molar-refractivity contribution in [3.8, 4) is 16.9 Å². The number of carbonyl (C=O) groups is 1. The van der Waals surface area contributed by atoms with E-state index in [0.29, 0.717) is 23.8 Å². The Bertz CT molecular complexity index is 1690. The van der Waals surface area contributed by atoms with Gasteiger partial charge in [-0.2, -0.15) is 0 Å². The predicted molar refractivity (Wildman–Crippen MR) is 156 cm³/mol. The molecule has 6 rings (SSSR count). The Kier molecular flexibility index (Phi) is 6.90. The summed E-state index contributed by atoms with van der Waals surface area (Å²) in [5.41, 5.74) is 7.03. The maximum atomic E-state index is 13.1. The first kappa shape index (κ1) is 25.6. The van der Waals surface area contributed by atoms with Crippen LogP contribution in [0.25, 0.3) is 22.0 Å². The summed E-state index contributed by atoms with van der Waals surface area (Å²) in [6.07, 6.45) is 6.39. The Hall–Kier alpha value is -4.72. The van der Waals surface area contributed by atoms with Crippen molar-refractivity contribution in [1.82, 2.24) is 15.1 Å². The van der Waals surface area contributed by atoms with Crippen LogP contribution in [0.3, 0.4) is 0 Å². The molecule has 0 radical (unpaired) electrons. The number of aryl methyl sites for hydroxylation is 2. The molecule has 0 saturated heterocycles. The zero-order chi connectivity index (χ0) is 27.6. The largest absolute Gasteiger partial charge is 0.497 e. The summed E-state index contributed by atoms with van der Waals surface area (Å²) >= 11 is 0. The SMILES string of the molecule is COc1ccc(CNc2cc3ncc(-c4cc(NC(=O)c5noc6c5CC(C)CC6)ccc4C)cc3cn2)cc1. The molecule has 8 nitrogen and oxygen atoms in total. The molecule has 0 bridgehead atoms. The summed E-state index contributed by atoms with van der Waals surface area (Å²) in [5, 5.41) is 11.4. The van der Waals surface area contributed by atoms with Gasteiger partial charge < -0.3 is 19.9 Å². The number of nitrogens with zero attached hydrogens (tertiary/aromatic N) is 3. The van der Waals surface area contributed by atoms with E-state index in [4.69, 9.17) is 14.2 Å². The van der Waals surface area contributed by atoms with Crippen molar-refractivity contribution in [3.05, 3.63) is 95.1 Å². The number of methoxy groups -OCH3 is 1. The van der Waals surface area contributed by atoms with Crippen LogP contribution in [0.15, 0.2) is 71.5 Å². The fourth-order valence-electron chi connectivity index (χ4n) is 5.16. The van der Waals surface area contributed by atoms with E-state index in [1.807, 2.05) is 67.8 Å². The van der Waals surface area contributed by atoms with Crippen LogP contribution in [0.1, 0.15) is 46.3 Å². The quantitative estimate of drug-likeness (QED) is 0.243. The normalized spacial score (nSPS) is 14.5. The fraction of sp³-hybridized carbons (Fsp3) is 0.250. The lowest BCUT2D eigenvalue weighted by Crippen LogP contribution is -2.18. The lowest BCUT2D eigenvalue weighted by Gasteiger charge is -2.16. The molecule has 2 N–H and O–H groups in total. The average Bonchev–Trinajstić information content (AvgIpc) is 3.40. The molecule has 202 valence electrons. The molecule has 1 unspecified atom stereocenters. The fourth-order valence-corrected chi connectivity index (χ4v) is 5.16. The summed E-state index contributed by atoms with van der Waals surface area (Å²) in [6.45, 7) is 4.89. The third-order valence-electron chi connectivity index (χ3n) is 7.51. The van der Waals surface area contributed by atoms with Gasteiger partial charge in [-0.1, -0.05) is 30.3 Å². The number of rotatable bonds is 7. The number of fused-ring (bicyclic) bond motifs is 2. The molecule has 3 aromatic heterocycles. The minimum Gasteiger partial charge on any atom is -0.497 e. The molecule has 1 atom stereocenters. The lowest BCUT2D eigenvalue weighted by molar-refractivity contribution is 0.101. The van der Waals surface area contributed by atoms with Crippen molar-refractivity contribution >= 4 is 28.3 Å². The number of nitrogens with one attached hydrogen (secondary N) is 2. The monoisotopic (exact) mass is 533 g/mol. The zero-order valence-electron chi connectivity index (χ0n) is 22.8. The predicted octanol–water partition coefficient (Wildman–Crippen LogP) is 6.59. The van der Waals surface area contributed by atoms with E-state index in [9.17, 15) is 4.79 Å². The van der Waals surface area contributed by atoms with Gasteiger partial charge in [-0.05, 0) is 72.7 Å². The Morgan fingerprint density at radius 2 is 1.93 bits per heavy atom. The number of amides is 1. The minimum atomic E-state index is -0.246. The topological polar surface area (TPSA) is 102 Å². The average molecular weight is 534 g/mol. The number of anilines is 2. The Morgan fingerprint density at radius 1 is 1.07 bits per heavy atom. The first-order valence-corrected chi connectivity index (χ1v) is 13.5. The number of ether oxygens (including phenoxy) is 1. The summed E-state index contributed by atoms with van der Waals surface area (Å²) < 4.78 is 10.7. The van der Waals surface area contributed by atoms with Gasteiger partial charge in [0, 0.05) is 53.6 Å². The van der Waals surface area contributed by atoms with E-state index in [1.54, 1.807) is 7.11 Å². The number of pyridine rings is 2. The van der Waals surface area contributed by atoms with Crippen molar-refractivity contribution in [2.75, 3.05) is 17.7 Å². The molecular formula is C32H31N5O3. The number of carbonyl (C=O) groups excluding carboxylic acids is 1. The second-order valence-corrected chi connectivity index (χ2v) is 10.5. The van der Waals surface area contributed by atoms with Gasteiger partial charge in [0.25, 0.3) is 5.91 Å². The van der Waals surface area contributed by atoms with Gasteiger partial charge in [0.2, 0.25) is 0 Å². The molecule has 2 aromatic carbocycles. The number of hydrogen-bond donors (Lipinski definition) is 2. The summed E-state index contributed by atoms with van der Waals surface area (Å²) in [7, 11) is 1.66. The lowest BCUT2D eigenvalue weighted by atomic mass is 9.88. The maximum absolute atomic E-state index is 13.1. The molecule has 0 saturated carbocycles. The van der Waals surface area contributed by atoms with Crippen molar-refractivity contribution in [1.29, 1.82) is 0 Å². The van der Waals surface area contributed by atoms with Gasteiger partial charge in [-0.25, -0.2) is 4.98 Å². The molecule has 1 aliphatic rings. The van der Waals surface area contributed by atoms with E-state index in [1.165, 1.54) is 0 Å². The molecule has 1 amide bonds. The third kappa shape index (κ3) is 5.25. The highest BCUT2D eigenvalue weighted by molar-refractivity contribution is 6.04. The molecular weight excluding hydrogens is 502 g/mol. The molecule has 40 heavy (non-hydrogen) atoms. The van der Waals surface area contributed by atoms with E-state index >= 15 is 0 Å². The van der Waals surface area contributed by atoms with Crippen molar-refractivity contribution in [3.63, 3.8) is 0 Å². The van der Waals surface area contributed by atoms with E-state index < -0.39 is 0 Å². The molecule has 1 aliphatic carbocycles. The van der Waals surface area contributed by atoms with Crippen LogP contribution in [0.2, 0.25) is 0 Å². The number of hydrogen-bond acceptors (Lipinski definition) is 7. The summed E-state index contributed by atoms with van der Waals surface area (Å²) in [5.74, 6) is 2.69. The van der Waals surface area contributed by atoms with Gasteiger partial charge >= 0.3 is 0 Å². The van der Waals surface area contributed by atoms with Crippen LogP contribution < -0.4 is 15.4 Å². The Morgan fingerprint density at radius 3 is 2.75 bits per heavy atom. The van der Waals surface area contributed by atoms with E-state index in [0.717, 1.165) is 75.3 Å². The molecule has 0 fully saturated rings. The summed E-state index contributed by atoms with van der Waals surface area (Å²) in [6, 6.07) is 17.8. The standard InChI is InChI=1S/C32H31N5O3/c1-19-4-11-29-27(12-19)31(37-40-29)32(38)36-24-8-5-20(2)26(14-24)22-13-23-18-35-30(15-28(23)33-17-22)34-16-21-6-9-25(39-3)10-7-21/h5-10,13-15,17-19H,4,11-12,16H2,1-3H3,(H,34,35)(H,36,38). The highest BCUT2D eigenvalue weighted by Gasteiger charge is 2.27. The van der Waals surface area contributed by atoms with E-state index in [-0.39, 0.29) is 5.91 Å². The molecule has 0 aliphatic heterocycles. The number of benzene rings is 2. The van der Waals surface area contributed by atoms with Crippen molar-refractivity contribution < 1.29 is 14.1 Å². The highest BCUT2D eigenvalue weighted by atomic mass is 16.5. The van der Waals surface area contributed by atoms with Crippen LogP contribution >= 0.6 is 0 Å². The van der Waals surface area contributed by atoms with Crippen LogP contribution in [-0.2, 0) is 19.4 Å². The van der Waals surface area contributed by atoms with Crippen LogP contribution in [-0.4, -0.2) is 28.1 Å². The Labute approximate surface area is 232 Å². The van der Waals surface area contributed by atoms with Gasteiger partial charge in [0.1, 0.15) is 17.3 Å². The summed E-state index contributed by atoms with van der Waals surface area (Å²) in [4.78, 5) is 22.4.